The number of hydrogen-bond acceptors (Lipinski definition) is 2. The first kappa shape index (κ1) is 18.0. The molecule has 1 saturated heterocycles. The third-order valence-corrected chi connectivity index (χ3v) is 5.43. The zero-order chi connectivity index (χ0) is 18.5. The van der Waals surface area contributed by atoms with E-state index >= 15 is 0 Å². The molecule has 140 valence electrons. The summed E-state index contributed by atoms with van der Waals surface area (Å²) < 4.78 is 19.3. The van der Waals surface area contributed by atoms with Gasteiger partial charge in [0.1, 0.15) is 18.2 Å². The molecule has 1 aliphatic heterocycles. The molecule has 0 N–H and O–H groups in total. The first-order valence-corrected chi connectivity index (χ1v) is 9.90. The van der Waals surface area contributed by atoms with Crippen LogP contribution in [0, 0.1) is 5.82 Å². The van der Waals surface area contributed by atoms with Gasteiger partial charge in [-0.1, -0.05) is 48.9 Å². The molecule has 1 aliphatic rings. The summed E-state index contributed by atoms with van der Waals surface area (Å²) in [5.41, 5.74) is 2.26. The molecule has 3 aromatic rings. The van der Waals surface area contributed by atoms with Gasteiger partial charge in [-0.3, -0.25) is 0 Å². The summed E-state index contributed by atoms with van der Waals surface area (Å²) in [5.74, 6) is 0.724. The van der Waals surface area contributed by atoms with Gasteiger partial charge in [0.15, 0.2) is 0 Å². The fraction of sp³-hybridized carbons (Fsp3) is 0.333. The predicted molar refractivity (Wildman–Crippen MR) is 109 cm³/mol. The zero-order valence-corrected chi connectivity index (χ0v) is 15.7. The Morgan fingerprint density at radius 3 is 2.44 bits per heavy atom. The maximum Gasteiger partial charge on any atom is 0.123 e. The number of nitrogens with zero attached hydrogens (tertiary/aromatic N) is 1. The van der Waals surface area contributed by atoms with Crippen LogP contribution in [0.25, 0.3) is 10.8 Å². The minimum atomic E-state index is -0.216. The Morgan fingerprint density at radius 2 is 1.63 bits per heavy atom. The average Bonchev–Trinajstić information content (AvgIpc) is 2.73. The number of benzene rings is 3. The van der Waals surface area contributed by atoms with Crippen molar-refractivity contribution >= 4 is 10.8 Å². The van der Waals surface area contributed by atoms with E-state index in [1.807, 2.05) is 0 Å². The predicted octanol–water partition coefficient (Wildman–Crippen LogP) is 5.59. The minimum Gasteiger partial charge on any atom is -0.489 e. The first-order chi connectivity index (χ1) is 13.3. The van der Waals surface area contributed by atoms with Gasteiger partial charge in [-0.25, -0.2) is 4.39 Å². The SMILES string of the molecule is Fc1ccc(COc2ccc3ccccc3c2CCN2CCCCC2)cc1. The zero-order valence-electron chi connectivity index (χ0n) is 15.7. The maximum absolute atomic E-state index is 13.1. The van der Waals surface area contributed by atoms with Crippen LogP contribution in [0.4, 0.5) is 4.39 Å². The molecule has 0 radical (unpaired) electrons. The fourth-order valence-corrected chi connectivity index (χ4v) is 3.90. The van der Waals surface area contributed by atoms with Crippen molar-refractivity contribution in [3.63, 3.8) is 0 Å². The van der Waals surface area contributed by atoms with Gasteiger partial charge in [0, 0.05) is 12.1 Å². The van der Waals surface area contributed by atoms with Crippen molar-refractivity contribution in [2.75, 3.05) is 19.6 Å². The van der Waals surface area contributed by atoms with E-state index in [-0.39, 0.29) is 5.82 Å². The van der Waals surface area contributed by atoms with Gasteiger partial charge in [0.25, 0.3) is 0 Å². The molecule has 3 aromatic carbocycles. The molecule has 0 amide bonds. The molecular weight excluding hydrogens is 337 g/mol. The fourth-order valence-electron chi connectivity index (χ4n) is 3.90. The lowest BCUT2D eigenvalue weighted by molar-refractivity contribution is 0.230. The Morgan fingerprint density at radius 1 is 0.852 bits per heavy atom. The Kier molecular flexibility index (Phi) is 5.69. The van der Waals surface area contributed by atoms with E-state index in [1.165, 1.54) is 60.8 Å². The van der Waals surface area contributed by atoms with Crippen molar-refractivity contribution in [1.29, 1.82) is 0 Å². The Hall–Kier alpha value is -2.39. The third kappa shape index (κ3) is 4.48. The van der Waals surface area contributed by atoms with Crippen LogP contribution in [-0.4, -0.2) is 24.5 Å². The molecule has 0 unspecified atom stereocenters. The number of hydrogen-bond donors (Lipinski definition) is 0. The molecule has 0 atom stereocenters. The van der Waals surface area contributed by atoms with Crippen LogP contribution in [0.2, 0.25) is 0 Å². The van der Waals surface area contributed by atoms with Gasteiger partial charge in [0.2, 0.25) is 0 Å². The van der Waals surface area contributed by atoms with Crippen LogP contribution in [0.1, 0.15) is 30.4 Å². The topological polar surface area (TPSA) is 12.5 Å². The highest BCUT2D eigenvalue weighted by molar-refractivity contribution is 5.87. The number of fused-ring (bicyclic) bond motifs is 1. The van der Waals surface area contributed by atoms with E-state index in [0.29, 0.717) is 6.61 Å². The number of rotatable bonds is 6. The van der Waals surface area contributed by atoms with E-state index in [2.05, 4.69) is 41.3 Å². The average molecular weight is 363 g/mol. The highest BCUT2D eigenvalue weighted by Gasteiger charge is 2.14. The molecule has 1 heterocycles. The van der Waals surface area contributed by atoms with E-state index < -0.39 is 0 Å². The third-order valence-electron chi connectivity index (χ3n) is 5.43. The summed E-state index contributed by atoms with van der Waals surface area (Å²) in [6.07, 6.45) is 4.96. The van der Waals surface area contributed by atoms with Crippen molar-refractivity contribution in [3.05, 3.63) is 77.6 Å². The number of piperidine rings is 1. The van der Waals surface area contributed by atoms with Crippen LogP contribution < -0.4 is 4.74 Å². The first-order valence-electron chi connectivity index (χ1n) is 9.90. The lowest BCUT2D eigenvalue weighted by Gasteiger charge is -2.27. The largest absolute Gasteiger partial charge is 0.489 e. The van der Waals surface area contributed by atoms with Crippen molar-refractivity contribution < 1.29 is 9.13 Å². The van der Waals surface area contributed by atoms with E-state index in [1.54, 1.807) is 12.1 Å². The van der Waals surface area contributed by atoms with Crippen LogP contribution in [-0.2, 0) is 13.0 Å². The second-order valence-corrected chi connectivity index (χ2v) is 7.33. The van der Waals surface area contributed by atoms with Gasteiger partial charge in [-0.05, 0) is 66.9 Å². The summed E-state index contributed by atoms with van der Waals surface area (Å²) >= 11 is 0. The highest BCUT2D eigenvalue weighted by Crippen LogP contribution is 2.29. The molecule has 4 rings (SSSR count). The van der Waals surface area contributed by atoms with Crippen LogP contribution in [0.15, 0.2) is 60.7 Å². The van der Waals surface area contributed by atoms with Gasteiger partial charge in [0.05, 0.1) is 0 Å². The quantitative estimate of drug-likeness (QED) is 0.566. The summed E-state index contributed by atoms with van der Waals surface area (Å²) in [6.45, 7) is 3.93. The van der Waals surface area contributed by atoms with Crippen LogP contribution >= 0.6 is 0 Å². The number of likely N-dealkylation sites (tertiary alicyclic amines) is 1. The molecule has 0 saturated carbocycles. The normalized spacial score (nSPS) is 15.1. The van der Waals surface area contributed by atoms with Crippen LogP contribution in [0.3, 0.4) is 0 Å². The minimum absolute atomic E-state index is 0.216. The van der Waals surface area contributed by atoms with Crippen LogP contribution in [0.5, 0.6) is 5.75 Å². The standard InChI is InChI=1S/C24H26FNO/c25-21-11-8-19(9-12-21)18-27-24-13-10-20-6-2-3-7-22(20)23(24)14-17-26-15-4-1-5-16-26/h2-3,6-13H,1,4-5,14-18H2. The molecule has 1 fully saturated rings. The van der Waals surface area contributed by atoms with Crippen molar-refractivity contribution in [3.8, 4) is 5.75 Å². The monoisotopic (exact) mass is 363 g/mol. The smallest absolute Gasteiger partial charge is 0.123 e. The molecular formula is C24H26FNO. The molecule has 0 aromatic heterocycles. The Bertz CT molecular complexity index is 885. The van der Waals surface area contributed by atoms with E-state index in [0.717, 1.165) is 24.3 Å². The van der Waals surface area contributed by atoms with Gasteiger partial charge >= 0.3 is 0 Å². The molecule has 3 heteroatoms. The highest BCUT2D eigenvalue weighted by atomic mass is 19.1. The van der Waals surface area contributed by atoms with E-state index in [4.69, 9.17) is 4.74 Å². The number of ether oxygens (including phenoxy) is 1. The molecule has 0 spiro atoms. The summed E-state index contributed by atoms with van der Waals surface area (Å²) in [7, 11) is 0. The molecule has 2 nitrogen and oxygen atoms in total. The van der Waals surface area contributed by atoms with Gasteiger partial charge < -0.3 is 9.64 Å². The lowest BCUT2D eigenvalue weighted by Crippen LogP contribution is -2.31. The van der Waals surface area contributed by atoms with Gasteiger partial charge in [-0.15, -0.1) is 0 Å². The van der Waals surface area contributed by atoms with Crippen molar-refractivity contribution in [1.82, 2.24) is 4.90 Å². The summed E-state index contributed by atoms with van der Waals surface area (Å²) in [5, 5.41) is 2.52. The van der Waals surface area contributed by atoms with Crippen molar-refractivity contribution in [2.24, 2.45) is 0 Å². The second kappa shape index (κ2) is 8.53. The Balaban J connectivity index is 1.55. The molecule has 27 heavy (non-hydrogen) atoms. The van der Waals surface area contributed by atoms with Gasteiger partial charge in [-0.2, -0.15) is 0 Å². The number of halogens is 1. The van der Waals surface area contributed by atoms with Crippen molar-refractivity contribution in [2.45, 2.75) is 32.3 Å². The maximum atomic E-state index is 13.1. The second-order valence-electron chi connectivity index (χ2n) is 7.33. The summed E-state index contributed by atoms with van der Waals surface area (Å²) in [4.78, 5) is 2.56. The van der Waals surface area contributed by atoms with E-state index in [9.17, 15) is 4.39 Å². The molecule has 0 bridgehead atoms. The summed E-state index contributed by atoms with van der Waals surface area (Å²) in [6, 6.07) is 19.2. The lowest BCUT2D eigenvalue weighted by atomic mass is 10.00. The Labute approximate surface area is 160 Å². The molecule has 0 aliphatic carbocycles.